The summed E-state index contributed by atoms with van der Waals surface area (Å²) in [4.78, 5) is 0. The van der Waals surface area contributed by atoms with Crippen LogP contribution >= 0.6 is 0 Å². The topological polar surface area (TPSA) is 9.23 Å². The lowest BCUT2D eigenvalue weighted by molar-refractivity contribution is 0.179. The summed E-state index contributed by atoms with van der Waals surface area (Å²) < 4.78 is 33.0. The van der Waals surface area contributed by atoms with Gasteiger partial charge in [0.2, 0.25) is 0 Å². The van der Waals surface area contributed by atoms with Crippen LogP contribution in [0.15, 0.2) is 49.1 Å². The second-order valence-corrected chi connectivity index (χ2v) is 7.13. The fourth-order valence-corrected chi connectivity index (χ4v) is 3.67. The molecule has 2 aromatic carbocycles. The third kappa shape index (κ3) is 4.94. The standard InChI is InChI=1S/C23H25F2O/c1-2-3-5-17-8-10-18(11-9-17)16-26-21-7-4-6-19(14-21)22-13-12-20(24)15-23(22)25/h2,4,6,12-15,17-18H,1,3,5,8-11,16H2. The number of rotatable bonds is 7. The summed E-state index contributed by atoms with van der Waals surface area (Å²) >= 11 is 0. The van der Waals surface area contributed by atoms with Crippen LogP contribution in [0.3, 0.4) is 0 Å². The summed E-state index contributed by atoms with van der Waals surface area (Å²) in [5, 5.41) is 0. The molecule has 1 fully saturated rings. The van der Waals surface area contributed by atoms with Crippen molar-refractivity contribution in [3.05, 3.63) is 66.8 Å². The van der Waals surface area contributed by atoms with Crippen LogP contribution in [0.2, 0.25) is 0 Å². The van der Waals surface area contributed by atoms with Gasteiger partial charge in [-0.2, -0.15) is 0 Å². The third-order valence-electron chi connectivity index (χ3n) is 5.24. The first kappa shape index (κ1) is 18.6. The molecule has 0 saturated heterocycles. The Balaban J connectivity index is 1.56. The molecule has 0 aromatic heterocycles. The van der Waals surface area contributed by atoms with Gasteiger partial charge in [-0.05, 0) is 67.3 Å². The summed E-state index contributed by atoms with van der Waals surface area (Å²) in [7, 11) is 0. The van der Waals surface area contributed by atoms with E-state index in [1.165, 1.54) is 44.2 Å². The van der Waals surface area contributed by atoms with Crippen LogP contribution in [0.4, 0.5) is 8.78 Å². The van der Waals surface area contributed by atoms with E-state index < -0.39 is 11.6 Å². The minimum atomic E-state index is -0.575. The molecule has 0 spiro atoms. The molecular weight excluding hydrogens is 330 g/mol. The molecule has 0 heterocycles. The van der Waals surface area contributed by atoms with Gasteiger partial charge in [0.1, 0.15) is 17.4 Å². The first-order valence-corrected chi connectivity index (χ1v) is 9.36. The number of hydrogen-bond acceptors (Lipinski definition) is 1. The fourth-order valence-electron chi connectivity index (χ4n) is 3.67. The van der Waals surface area contributed by atoms with Crippen molar-refractivity contribution in [2.24, 2.45) is 11.8 Å². The molecule has 0 aliphatic heterocycles. The lowest BCUT2D eigenvalue weighted by Gasteiger charge is -2.28. The van der Waals surface area contributed by atoms with Gasteiger partial charge >= 0.3 is 0 Å². The average molecular weight is 355 g/mol. The molecule has 0 amide bonds. The molecule has 1 aliphatic carbocycles. The van der Waals surface area contributed by atoms with Crippen molar-refractivity contribution < 1.29 is 13.5 Å². The molecule has 0 N–H and O–H groups in total. The molecule has 1 nitrogen and oxygen atoms in total. The number of halogens is 2. The van der Waals surface area contributed by atoms with Gasteiger partial charge in [-0.1, -0.05) is 25.0 Å². The van der Waals surface area contributed by atoms with Gasteiger partial charge in [-0.15, -0.1) is 6.58 Å². The van der Waals surface area contributed by atoms with Crippen molar-refractivity contribution in [2.45, 2.75) is 38.5 Å². The summed E-state index contributed by atoms with van der Waals surface area (Å²) in [5.41, 5.74) is 1.04. The Hall–Kier alpha value is -2.16. The van der Waals surface area contributed by atoms with E-state index in [4.69, 9.17) is 4.74 Å². The predicted molar refractivity (Wildman–Crippen MR) is 101 cm³/mol. The van der Waals surface area contributed by atoms with Crippen molar-refractivity contribution in [1.29, 1.82) is 0 Å². The minimum absolute atomic E-state index is 0.368. The SMILES string of the molecule is C=CCCC1CCC(COc2[c]ccc(-c3ccc(F)cc3F)c2)CC1. The first-order chi connectivity index (χ1) is 12.7. The molecule has 1 aliphatic rings. The van der Waals surface area contributed by atoms with E-state index in [-0.39, 0.29) is 0 Å². The van der Waals surface area contributed by atoms with E-state index in [9.17, 15) is 8.78 Å². The minimum Gasteiger partial charge on any atom is -0.493 e. The number of allylic oxidation sites excluding steroid dienone is 1. The molecule has 1 saturated carbocycles. The summed E-state index contributed by atoms with van der Waals surface area (Å²) in [6.07, 6.45) is 9.24. The highest BCUT2D eigenvalue weighted by Crippen LogP contribution is 2.32. The van der Waals surface area contributed by atoms with Gasteiger partial charge in [-0.3, -0.25) is 0 Å². The van der Waals surface area contributed by atoms with Crippen LogP contribution in [0.1, 0.15) is 38.5 Å². The van der Waals surface area contributed by atoms with Crippen molar-refractivity contribution in [2.75, 3.05) is 6.61 Å². The zero-order chi connectivity index (χ0) is 18.4. The Morgan fingerprint density at radius 3 is 2.58 bits per heavy atom. The second kappa shape index (κ2) is 8.98. The van der Waals surface area contributed by atoms with Gasteiger partial charge in [0.25, 0.3) is 0 Å². The molecule has 0 bridgehead atoms. The van der Waals surface area contributed by atoms with Crippen LogP contribution in [-0.2, 0) is 0 Å². The maximum Gasteiger partial charge on any atom is 0.133 e. The lowest BCUT2D eigenvalue weighted by atomic mass is 9.80. The number of hydrogen-bond donors (Lipinski definition) is 0. The van der Waals surface area contributed by atoms with E-state index in [0.29, 0.717) is 29.4 Å². The highest BCUT2D eigenvalue weighted by molar-refractivity contribution is 5.65. The van der Waals surface area contributed by atoms with Gasteiger partial charge in [0, 0.05) is 17.7 Å². The Labute approximate surface area is 154 Å². The summed E-state index contributed by atoms with van der Waals surface area (Å²) in [6.45, 7) is 4.46. The summed E-state index contributed by atoms with van der Waals surface area (Å²) in [5.74, 6) is 0.851. The largest absolute Gasteiger partial charge is 0.493 e. The van der Waals surface area contributed by atoms with E-state index in [1.54, 1.807) is 18.2 Å². The zero-order valence-corrected chi connectivity index (χ0v) is 15.0. The lowest BCUT2D eigenvalue weighted by Crippen LogP contribution is -2.20. The number of ether oxygens (including phenoxy) is 1. The molecule has 0 unspecified atom stereocenters. The molecular formula is C23H25F2O. The van der Waals surface area contributed by atoms with E-state index >= 15 is 0 Å². The zero-order valence-electron chi connectivity index (χ0n) is 15.0. The van der Waals surface area contributed by atoms with Crippen molar-refractivity contribution in [1.82, 2.24) is 0 Å². The maximum atomic E-state index is 14.0. The van der Waals surface area contributed by atoms with Gasteiger partial charge in [-0.25, -0.2) is 8.78 Å². The second-order valence-electron chi connectivity index (χ2n) is 7.13. The highest BCUT2D eigenvalue weighted by atomic mass is 19.1. The molecule has 3 rings (SSSR count). The molecule has 2 aromatic rings. The third-order valence-corrected chi connectivity index (χ3v) is 5.24. The van der Waals surface area contributed by atoms with Crippen LogP contribution in [-0.4, -0.2) is 6.61 Å². The van der Waals surface area contributed by atoms with Gasteiger partial charge in [0.05, 0.1) is 6.61 Å². The molecule has 1 radical (unpaired) electrons. The van der Waals surface area contributed by atoms with E-state index in [1.807, 2.05) is 6.08 Å². The smallest absolute Gasteiger partial charge is 0.133 e. The average Bonchev–Trinajstić information content (AvgIpc) is 2.66. The molecule has 0 atom stereocenters. The first-order valence-electron chi connectivity index (χ1n) is 9.36. The Bertz CT molecular complexity index is 733. The normalized spacial score (nSPS) is 19.9. The van der Waals surface area contributed by atoms with Crippen LogP contribution in [0.25, 0.3) is 11.1 Å². The number of benzene rings is 2. The quantitative estimate of drug-likeness (QED) is 0.510. The monoisotopic (exact) mass is 355 g/mol. The van der Waals surface area contributed by atoms with Crippen LogP contribution in [0.5, 0.6) is 5.75 Å². The molecule has 137 valence electrons. The maximum absolute atomic E-state index is 14.0. The van der Waals surface area contributed by atoms with E-state index in [0.717, 1.165) is 18.4 Å². The van der Waals surface area contributed by atoms with Gasteiger partial charge < -0.3 is 4.74 Å². The van der Waals surface area contributed by atoms with Gasteiger partial charge in [0.15, 0.2) is 0 Å². The van der Waals surface area contributed by atoms with E-state index in [2.05, 4.69) is 12.6 Å². The van der Waals surface area contributed by atoms with Crippen LogP contribution in [0, 0.1) is 29.5 Å². The van der Waals surface area contributed by atoms with Crippen molar-refractivity contribution in [3.63, 3.8) is 0 Å². The van der Waals surface area contributed by atoms with Crippen molar-refractivity contribution in [3.8, 4) is 16.9 Å². The predicted octanol–water partition coefficient (Wildman–Crippen LogP) is 6.58. The Kier molecular flexibility index (Phi) is 6.43. The Morgan fingerprint density at radius 2 is 1.85 bits per heavy atom. The highest BCUT2D eigenvalue weighted by Gasteiger charge is 2.21. The molecule has 26 heavy (non-hydrogen) atoms. The van der Waals surface area contributed by atoms with Crippen molar-refractivity contribution >= 4 is 0 Å². The fraction of sp³-hybridized carbons (Fsp3) is 0.391. The van der Waals surface area contributed by atoms with Crippen LogP contribution < -0.4 is 4.74 Å². The molecule has 3 heteroatoms. The summed E-state index contributed by atoms with van der Waals surface area (Å²) in [6, 6.07) is 11.9. The Morgan fingerprint density at radius 1 is 1.08 bits per heavy atom.